The molecule has 5 rings (SSSR count). The van der Waals surface area contributed by atoms with E-state index in [4.69, 9.17) is 4.74 Å². The van der Waals surface area contributed by atoms with Gasteiger partial charge in [-0.1, -0.05) is 11.3 Å². The zero-order valence-corrected chi connectivity index (χ0v) is 20.9. The van der Waals surface area contributed by atoms with Crippen LogP contribution in [0, 0.1) is 0 Å². The van der Waals surface area contributed by atoms with Gasteiger partial charge in [0.05, 0.1) is 15.6 Å². The Morgan fingerprint density at radius 1 is 1.24 bits per heavy atom. The summed E-state index contributed by atoms with van der Waals surface area (Å²) in [7, 11) is 5.74. The van der Waals surface area contributed by atoms with E-state index >= 15 is 0 Å². The van der Waals surface area contributed by atoms with Crippen LogP contribution in [0.1, 0.15) is 16.9 Å². The van der Waals surface area contributed by atoms with Crippen molar-refractivity contribution in [1.82, 2.24) is 24.8 Å². The van der Waals surface area contributed by atoms with E-state index in [1.54, 1.807) is 29.6 Å². The normalized spacial score (nSPS) is 15.6. The maximum atomic E-state index is 12.5. The van der Waals surface area contributed by atoms with Crippen LogP contribution in [0.3, 0.4) is 0 Å². The Morgan fingerprint density at radius 2 is 2.09 bits per heavy atom. The smallest absolute Gasteiger partial charge is 0.409 e. The van der Waals surface area contributed by atoms with Gasteiger partial charge in [-0.3, -0.25) is 4.79 Å². The first kappa shape index (κ1) is 22.8. The molecule has 0 fully saturated rings. The zero-order valence-electron chi connectivity index (χ0n) is 19.3. The summed E-state index contributed by atoms with van der Waals surface area (Å²) in [4.78, 5) is 41.7. The van der Waals surface area contributed by atoms with Gasteiger partial charge in [0.2, 0.25) is 0 Å². The third kappa shape index (κ3) is 4.63. The number of likely N-dealkylation sites (N-methyl/N-ethyl adjacent to an activating group) is 2. The summed E-state index contributed by atoms with van der Waals surface area (Å²) in [5, 5.41) is 4.44. The molecule has 0 aliphatic heterocycles. The predicted molar refractivity (Wildman–Crippen MR) is 137 cm³/mol. The van der Waals surface area contributed by atoms with Crippen molar-refractivity contribution in [3.63, 3.8) is 0 Å². The standard InChI is InChI=1S/C23H26N6O3S2/c1-28(2)8-9-29(3)23(31)32-14-5-6-15-17(11-14)33-21-19(15)20(24-12-25-21)26-13-4-7-16-18(10-13)34-22(30)27-16/h4,7,10,12,14H,5-6,8-9,11H2,1-3H3,(H,27,30)(H,24,25,26). The number of amides is 1. The lowest BCUT2D eigenvalue weighted by atomic mass is 9.94. The summed E-state index contributed by atoms with van der Waals surface area (Å²) < 4.78 is 6.70. The summed E-state index contributed by atoms with van der Waals surface area (Å²) in [5.41, 5.74) is 2.92. The number of rotatable bonds is 6. The van der Waals surface area contributed by atoms with Gasteiger partial charge in [-0.2, -0.15) is 0 Å². The molecule has 1 aliphatic rings. The van der Waals surface area contributed by atoms with Crippen LogP contribution in [0.25, 0.3) is 20.4 Å². The Labute approximate surface area is 204 Å². The number of ether oxygens (including phenoxy) is 1. The Morgan fingerprint density at radius 3 is 2.91 bits per heavy atom. The molecule has 1 atom stereocenters. The highest BCUT2D eigenvalue weighted by molar-refractivity contribution is 7.19. The van der Waals surface area contributed by atoms with Crippen LogP contribution in [0.2, 0.25) is 0 Å². The molecule has 0 radical (unpaired) electrons. The molecule has 0 spiro atoms. The average Bonchev–Trinajstić information content (AvgIpc) is 3.36. The number of nitrogens with zero attached hydrogens (tertiary/aromatic N) is 4. The van der Waals surface area contributed by atoms with Crippen LogP contribution in [-0.2, 0) is 17.6 Å². The van der Waals surface area contributed by atoms with Gasteiger partial charge in [0.15, 0.2) is 0 Å². The first-order valence-electron chi connectivity index (χ1n) is 11.1. The molecule has 0 saturated heterocycles. The first-order valence-corrected chi connectivity index (χ1v) is 12.7. The van der Waals surface area contributed by atoms with Gasteiger partial charge in [-0.05, 0) is 50.7 Å². The number of thiophene rings is 1. The number of H-pyrrole nitrogens is 1. The first-order chi connectivity index (χ1) is 16.4. The number of thiazole rings is 1. The second-order valence-electron chi connectivity index (χ2n) is 8.73. The van der Waals surface area contributed by atoms with Gasteiger partial charge in [0.1, 0.15) is 23.1 Å². The van der Waals surface area contributed by atoms with Crippen molar-refractivity contribution >= 4 is 60.7 Å². The molecule has 1 unspecified atom stereocenters. The van der Waals surface area contributed by atoms with Crippen LogP contribution >= 0.6 is 22.7 Å². The number of aromatic nitrogens is 3. The van der Waals surface area contributed by atoms with Crippen LogP contribution in [-0.4, -0.2) is 71.2 Å². The summed E-state index contributed by atoms with van der Waals surface area (Å²) >= 11 is 2.82. The maximum Gasteiger partial charge on any atom is 0.409 e. The minimum atomic E-state index is -0.277. The second kappa shape index (κ2) is 9.32. The summed E-state index contributed by atoms with van der Waals surface area (Å²) in [5.74, 6) is 0.753. The molecule has 9 nitrogen and oxygen atoms in total. The average molecular weight is 499 g/mol. The fourth-order valence-corrected chi connectivity index (χ4v) is 6.14. The highest BCUT2D eigenvalue weighted by Gasteiger charge is 2.28. The van der Waals surface area contributed by atoms with Crippen LogP contribution in [0.15, 0.2) is 29.3 Å². The van der Waals surface area contributed by atoms with Crippen molar-refractivity contribution in [2.75, 3.05) is 39.5 Å². The summed E-state index contributed by atoms with van der Waals surface area (Å²) in [6, 6.07) is 5.78. The van der Waals surface area contributed by atoms with Gasteiger partial charge >= 0.3 is 11.0 Å². The molecule has 0 saturated carbocycles. The van der Waals surface area contributed by atoms with E-state index in [9.17, 15) is 9.59 Å². The lowest BCUT2D eigenvalue weighted by molar-refractivity contribution is 0.0620. The molecule has 34 heavy (non-hydrogen) atoms. The van der Waals surface area contributed by atoms with Crippen LogP contribution in [0.5, 0.6) is 0 Å². The number of carbonyl (C=O) groups excluding carboxylic acids is 1. The fraction of sp³-hybridized carbons (Fsp3) is 0.391. The molecule has 1 aromatic carbocycles. The lowest BCUT2D eigenvalue weighted by Crippen LogP contribution is -2.37. The lowest BCUT2D eigenvalue weighted by Gasteiger charge is -2.26. The van der Waals surface area contributed by atoms with Crippen LogP contribution in [0.4, 0.5) is 16.3 Å². The summed E-state index contributed by atoms with van der Waals surface area (Å²) in [6.45, 7) is 1.42. The number of benzene rings is 1. The predicted octanol–water partition coefficient (Wildman–Crippen LogP) is 3.83. The number of anilines is 2. The fourth-order valence-electron chi connectivity index (χ4n) is 4.11. The topological polar surface area (TPSA) is 103 Å². The van der Waals surface area contributed by atoms with Gasteiger partial charge in [-0.25, -0.2) is 14.8 Å². The highest BCUT2D eigenvalue weighted by atomic mass is 32.1. The highest BCUT2D eigenvalue weighted by Crippen LogP contribution is 2.39. The minimum absolute atomic E-state index is 0.0670. The van der Waals surface area contributed by atoms with Crippen LogP contribution < -0.4 is 10.2 Å². The minimum Gasteiger partial charge on any atom is -0.446 e. The summed E-state index contributed by atoms with van der Waals surface area (Å²) in [6.07, 6.45) is 3.40. The van der Waals surface area contributed by atoms with Crippen molar-refractivity contribution in [2.45, 2.75) is 25.4 Å². The molecule has 11 heteroatoms. The van der Waals surface area contributed by atoms with E-state index in [0.717, 1.165) is 51.3 Å². The Kier molecular flexibility index (Phi) is 6.24. The number of hydrogen-bond donors (Lipinski definition) is 2. The van der Waals surface area contributed by atoms with Crippen molar-refractivity contribution in [3.8, 4) is 0 Å². The largest absolute Gasteiger partial charge is 0.446 e. The Bertz CT molecular complexity index is 1410. The van der Waals surface area contributed by atoms with Crippen molar-refractivity contribution in [2.24, 2.45) is 0 Å². The number of aryl methyl sites for hydroxylation is 1. The van der Waals surface area contributed by atoms with Crippen molar-refractivity contribution in [1.29, 1.82) is 0 Å². The number of carbonyl (C=O) groups is 1. The molecule has 0 bridgehead atoms. The quantitative estimate of drug-likeness (QED) is 0.416. The van der Waals surface area contributed by atoms with E-state index in [1.165, 1.54) is 21.8 Å². The molecule has 3 heterocycles. The number of hydrogen-bond acceptors (Lipinski definition) is 9. The SMILES string of the molecule is CN(C)CCN(C)C(=O)OC1CCc2c(sc3ncnc(Nc4ccc5[nH]c(=O)sc5c4)c23)C1. The van der Waals surface area contributed by atoms with E-state index in [0.29, 0.717) is 13.0 Å². The van der Waals surface area contributed by atoms with Crippen molar-refractivity contribution in [3.05, 3.63) is 44.6 Å². The monoisotopic (exact) mass is 498 g/mol. The molecular formula is C23H26N6O3S2. The van der Waals surface area contributed by atoms with Gasteiger partial charge in [0, 0.05) is 37.1 Å². The molecule has 3 aromatic heterocycles. The molecular weight excluding hydrogens is 472 g/mol. The molecule has 1 aliphatic carbocycles. The van der Waals surface area contributed by atoms with E-state index in [2.05, 4.69) is 20.3 Å². The number of aromatic amines is 1. The van der Waals surface area contributed by atoms with Gasteiger partial charge in [-0.15, -0.1) is 11.3 Å². The molecule has 2 N–H and O–H groups in total. The van der Waals surface area contributed by atoms with Gasteiger partial charge < -0.3 is 24.8 Å². The third-order valence-corrected chi connectivity index (χ3v) is 7.95. The van der Waals surface area contributed by atoms with Crippen molar-refractivity contribution < 1.29 is 9.53 Å². The van der Waals surface area contributed by atoms with E-state index < -0.39 is 0 Å². The number of fused-ring (bicyclic) bond motifs is 4. The third-order valence-electron chi connectivity index (χ3n) is 5.95. The molecule has 4 aromatic rings. The number of nitrogens with one attached hydrogen (secondary N) is 2. The van der Waals surface area contributed by atoms with E-state index in [1.807, 2.05) is 37.2 Å². The van der Waals surface area contributed by atoms with Gasteiger partial charge in [0.25, 0.3) is 0 Å². The maximum absolute atomic E-state index is 12.5. The Balaban J connectivity index is 1.34. The zero-order chi connectivity index (χ0) is 23.8. The van der Waals surface area contributed by atoms with E-state index in [-0.39, 0.29) is 17.1 Å². The molecule has 178 valence electrons. The Hall–Kier alpha value is -3.02. The second-order valence-corrected chi connectivity index (χ2v) is 10.8. The molecule has 1 amide bonds.